The third kappa shape index (κ3) is 2.82. The molecule has 3 aliphatic carbocycles. The highest BCUT2D eigenvalue weighted by Gasteiger charge is 2.60. The summed E-state index contributed by atoms with van der Waals surface area (Å²) in [5.74, 6) is 1.66. The van der Waals surface area contributed by atoms with Crippen LogP contribution in [0.1, 0.15) is 71.6 Å². The predicted octanol–water partition coefficient (Wildman–Crippen LogP) is 4.69. The first-order valence-electron chi connectivity index (χ1n) is 10.5. The average Bonchev–Trinajstić information content (AvgIpc) is 3.12. The third-order valence-corrected chi connectivity index (χ3v) is 8.38. The van der Waals surface area contributed by atoms with Gasteiger partial charge >= 0.3 is 0 Å². The Balaban J connectivity index is 1.55. The molecule has 4 fully saturated rings. The van der Waals surface area contributed by atoms with Crippen molar-refractivity contribution in [1.82, 2.24) is 0 Å². The number of rotatable bonds is 3. The fourth-order valence-electron chi connectivity index (χ4n) is 6.99. The van der Waals surface area contributed by atoms with E-state index < -0.39 is 0 Å². The SMILES string of the molecule is C=C1CCC2[C@]3(C)CO[C@@H](C4CCCC4)OC3CC[C@@]2(C)[C@@H]1CCO. The summed E-state index contributed by atoms with van der Waals surface area (Å²) in [5, 5.41) is 9.60. The molecule has 1 saturated heterocycles. The van der Waals surface area contributed by atoms with Crippen LogP contribution >= 0.6 is 0 Å². The Bertz CT molecular complexity index is 511. The second kappa shape index (κ2) is 6.65. The minimum atomic E-state index is 0.0386. The van der Waals surface area contributed by atoms with Crippen molar-refractivity contribution in [3.63, 3.8) is 0 Å². The predicted molar refractivity (Wildman–Crippen MR) is 99.1 cm³/mol. The van der Waals surface area contributed by atoms with E-state index in [4.69, 9.17) is 9.47 Å². The van der Waals surface area contributed by atoms with Crippen LogP contribution in [0, 0.1) is 28.6 Å². The van der Waals surface area contributed by atoms with Crippen molar-refractivity contribution in [3.8, 4) is 0 Å². The van der Waals surface area contributed by atoms with Gasteiger partial charge in [0, 0.05) is 17.9 Å². The number of fused-ring (bicyclic) bond motifs is 3. The summed E-state index contributed by atoms with van der Waals surface area (Å²) in [6.45, 7) is 10.3. The molecule has 1 N–H and O–H groups in total. The summed E-state index contributed by atoms with van der Waals surface area (Å²) < 4.78 is 13.0. The lowest BCUT2D eigenvalue weighted by Gasteiger charge is -2.63. The molecule has 2 unspecified atom stereocenters. The number of allylic oxidation sites excluding steroid dienone is 1. The molecule has 0 aromatic carbocycles. The first-order valence-corrected chi connectivity index (χ1v) is 10.5. The lowest BCUT2D eigenvalue weighted by molar-refractivity contribution is -0.316. The van der Waals surface area contributed by atoms with E-state index in [1.54, 1.807) is 0 Å². The van der Waals surface area contributed by atoms with Gasteiger partial charge in [-0.1, -0.05) is 38.8 Å². The maximum absolute atomic E-state index is 9.60. The molecular formula is C22H36O3. The van der Waals surface area contributed by atoms with E-state index in [0.717, 1.165) is 25.9 Å². The Morgan fingerprint density at radius 2 is 1.88 bits per heavy atom. The maximum Gasteiger partial charge on any atom is 0.160 e. The van der Waals surface area contributed by atoms with Crippen LogP contribution < -0.4 is 0 Å². The number of aliphatic hydroxyl groups excluding tert-OH is 1. The zero-order valence-electron chi connectivity index (χ0n) is 16.1. The fraction of sp³-hybridized carbons (Fsp3) is 0.909. The molecular weight excluding hydrogens is 312 g/mol. The van der Waals surface area contributed by atoms with Crippen molar-refractivity contribution in [1.29, 1.82) is 0 Å². The number of hydrogen-bond acceptors (Lipinski definition) is 3. The molecule has 4 rings (SSSR count). The molecule has 0 aromatic heterocycles. The molecule has 1 aliphatic heterocycles. The molecule has 0 amide bonds. The van der Waals surface area contributed by atoms with Crippen LogP contribution in [-0.2, 0) is 9.47 Å². The van der Waals surface area contributed by atoms with E-state index in [2.05, 4.69) is 20.4 Å². The Morgan fingerprint density at radius 3 is 2.60 bits per heavy atom. The van der Waals surface area contributed by atoms with Crippen molar-refractivity contribution in [2.24, 2.45) is 28.6 Å². The van der Waals surface area contributed by atoms with Crippen molar-refractivity contribution in [2.75, 3.05) is 13.2 Å². The van der Waals surface area contributed by atoms with Gasteiger partial charge in [-0.2, -0.15) is 0 Å². The minimum absolute atomic E-state index is 0.0386. The van der Waals surface area contributed by atoms with E-state index in [0.29, 0.717) is 23.9 Å². The van der Waals surface area contributed by atoms with Gasteiger partial charge in [0.15, 0.2) is 6.29 Å². The molecule has 3 saturated carbocycles. The van der Waals surface area contributed by atoms with Crippen molar-refractivity contribution in [3.05, 3.63) is 12.2 Å². The lowest BCUT2D eigenvalue weighted by atomic mass is 9.46. The summed E-state index contributed by atoms with van der Waals surface area (Å²) in [5.41, 5.74) is 1.70. The van der Waals surface area contributed by atoms with Crippen molar-refractivity contribution in [2.45, 2.75) is 84.0 Å². The van der Waals surface area contributed by atoms with Gasteiger partial charge in [0.05, 0.1) is 12.7 Å². The summed E-state index contributed by atoms with van der Waals surface area (Å²) in [4.78, 5) is 0. The highest BCUT2D eigenvalue weighted by atomic mass is 16.7. The van der Waals surface area contributed by atoms with Gasteiger partial charge in [-0.05, 0) is 62.2 Å². The molecule has 25 heavy (non-hydrogen) atoms. The standard InChI is InChI=1S/C22H36O3/c1-15-8-9-18-21(2,17(15)11-13-23)12-10-19-22(18,3)14-24-20(25-19)16-6-4-5-7-16/h16-20,23H,1,4-14H2,2-3H3/t17-,18?,19?,20-,21+,22+/m1/s1. The van der Waals surface area contributed by atoms with E-state index >= 15 is 0 Å². The minimum Gasteiger partial charge on any atom is -0.396 e. The molecule has 142 valence electrons. The summed E-state index contributed by atoms with van der Waals surface area (Å²) in [6.07, 6.45) is 11.1. The molecule has 6 atom stereocenters. The number of hydrogen-bond donors (Lipinski definition) is 1. The van der Waals surface area contributed by atoms with Gasteiger partial charge in [0.2, 0.25) is 0 Å². The van der Waals surface area contributed by atoms with Crippen LogP contribution in [0.2, 0.25) is 0 Å². The molecule has 0 radical (unpaired) electrons. The van der Waals surface area contributed by atoms with Crippen LogP contribution in [0.15, 0.2) is 12.2 Å². The first kappa shape index (κ1) is 18.0. The molecule has 0 spiro atoms. The molecule has 0 bridgehead atoms. The Morgan fingerprint density at radius 1 is 1.12 bits per heavy atom. The molecule has 4 aliphatic rings. The normalized spacial score (nSPS) is 48.2. The second-order valence-corrected chi connectivity index (χ2v) is 9.71. The van der Waals surface area contributed by atoms with E-state index in [-0.39, 0.29) is 23.7 Å². The monoisotopic (exact) mass is 348 g/mol. The van der Waals surface area contributed by atoms with Gasteiger partial charge in [-0.3, -0.25) is 0 Å². The topological polar surface area (TPSA) is 38.7 Å². The highest BCUT2D eigenvalue weighted by molar-refractivity contribution is 5.18. The Labute approximate surface area is 153 Å². The van der Waals surface area contributed by atoms with Gasteiger partial charge < -0.3 is 14.6 Å². The molecule has 0 aromatic rings. The number of aliphatic hydroxyl groups is 1. The van der Waals surface area contributed by atoms with Crippen LogP contribution in [0.5, 0.6) is 0 Å². The van der Waals surface area contributed by atoms with E-state index in [9.17, 15) is 5.11 Å². The van der Waals surface area contributed by atoms with E-state index in [1.165, 1.54) is 44.1 Å². The fourth-order valence-corrected chi connectivity index (χ4v) is 6.99. The average molecular weight is 349 g/mol. The van der Waals surface area contributed by atoms with Crippen LogP contribution in [0.4, 0.5) is 0 Å². The van der Waals surface area contributed by atoms with Gasteiger partial charge in [0.1, 0.15) is 0 Å². The maximum atomic E-state index is 9.60. The zero-order chi connectivity index (χ0) is 17.7. The van der Waals surface area contributed by atoms with Gasteiger partial charge in [0.25, 0.3) is 0 Å². The van der Waals surface area contributed by atoms with Crippen LogP contribution in [-0.4, -0.2) is 30.7 Å². The quantitative estimate of drug-likeness (QED) is 0.752. The van der Waals surface area contributed by atoms with E-state index in [1.807, 2.05) is 0 Å². The second-order valence-electron chi connectivity index (χ2n) is 9.71. The van der Waals surface area contributed by atoms with Crippen molar-refractivity contribution >= 4 is 0 Å². The van der Waals surface area contributed by atoms with Gasteiger partial charge in [-0.25, -0.2) is 0 Å². The summed E-state index contributed by atoms with van der Waals surface area (Å²) in [7, 11) is 0. The van der Waals surface area contributed by atoms with Crippen LogP contribution in [0.3, 0.4) is 0 Å². The summed E-state index contributed by atoms with van der Waals surface area (Å²) in [6, 6.07) is 0. The van der Waals surface area contributed by atoms with Gasteiger partial charge in [-0.15, -0.1) is 0 Å². The van der Waals surface area contributed by atoms with Crippen molar-refractivity contribution < 1.29 is 14.6 Å². The largest absolute Gasteiger partial charge is 0.396 e. The molecule has 3 nitrogen and oxygen atoms in total. The Kier molecular flexibility index (Phi) is 4.79. The molecule has 1 heterocycles. The first-order chi connectivity index (χ1) is 12.0. The number of ether oxygens (including phenoxy) is 2. The van der Waals surface area contributed by atoms with Crippen LogP contribution in [0.25, 0.3) is 0 Å². The smallest absolute Gasteiger partial charge is 0.160 e. The Hall–Kier alpha value is -0.380. The third-order valence-electron chi connectivity index (χ3n) is 8.38. The molecule has 3 heteroatoms. The summed E-state index contributed by atoms with van der Waals surface area (Å²) >= 11 is 0. The highest BCUT2D eigenvalue weighted by Crippen LogP contribution is 2.63. The zero-order valence-corrected chi connectivity index (χ0v) is 16.1. The lowest BCUT2D eigenvalue weighted by Crippen LogP contribution is -2.62.